The summed E-state index contributed by atoms with van der Waals surface area (Å²) in [6.07, 6.45) is 2.44. The third-order valence-corrected chi connectivity index (χ3v) is 4.07. The van der Waals surface area contributed by atoms with Crippen LogP contribution in [0.2, 0.25) is 0 Å². The SMILES string of the molecule is COCc1cc(/C(C)=N\NC(=S)NC[C@@H]2CCCO2)ccc1OC. The number of hydrogen-bond donors (Lipinski definition) is 2. The van der Waals surface area contributed by atoms with Gasteiger partial charge in [-0.15, -0.1) is 0 Å². The monoisotopic (exact) mass is 351 g/mol. The lowest BCUT2D eigenvalue weighted by Crippen LogP contribution is -2.37. The van der Waals surface area contributed by atoms with Gasteiger partial charge in [-0.05, 0) is 55.7 Å². The van der Waals surface area contributed by atoms with Crippen LogP contribution in [-0.2, 0) is 16.1 Å². The van der Waals surface area contributed by atoms with Crippen LogP contribution < -0.4 is 15.5 Å². The Kier molecular flexibility index (Phi) is 7.42. The summed E-state index contributed by atoms with van der Waals surface area (Å²) in [5, 5.41) is 7.96. The molecular formula is C17H25N3O3S. The van der Waals surface area contributed by atoms with Gasteiger partial charge in [0.1, 0.15) is 5.75 Å². The first-order chi connectivity index (χ1) is 11.6. The van der Waals surface area contributed by atoms with E-state index in [4.69, 9.17) is 26.4 Å². The van der Waals surface area contributed by atoms with E-state index in [1.54, 1.807) is 14.2 Å². The summed E-state index contributed by atoms with van der Waals surface area (Å²) in [6.45, 7) is 3.96. The normalized spacial score (nSPS) is 17.6. The van der Waals surface area contributed by atoms with E-state index >= 15 is 0 Å². The zero-order valence-corrected chi connectivity index (χ0v) is 15.2. The Morgan fingerprint density at radius 2 is 2.25 bits per heavy atom. The van der Waals surface area contributed by atoms with Gasteiger partial charge in [0.2, 0.25) is 0 Å². The largest absolute Gasteiger partial charge is 0.496 e. The van der Waals surface area contributed by atoms with Gasteiger partial charge >= 0.3 is 0 Å². The van der Waals surface area contributed by atoms with Crippen LogP contribution >= 0.6 is 12.2 Å². The van der Waals surface area contributed by atoms with Crippen molar-refractivity contribution in [3.05, 3.63) is 29.3 Å². The summed E-state index contributed by atoms with van der Waals surface area (Å²) >= 11 is 5.24. The molecule has 2 N–H and O–H groups in total. The summed E-state index contributed by atoms with van der Waals surface area (Å²) < 4.78 is 16.1. The molecule has 1 heterocycles. The molecule has 1 fully saturated rings. The van der Waals surface area contributed by atoms with Gasteiger partial charge in [-0.25, -0.2) is 0 Å². The van der Waals surface area contributed by atoms with Crippen molar-refractivity contribution in [2.45, 2.75) is 32.5 Å². The second-order valence-corrected chi connectivity index (χ2v) is 6.02. The van der Waals surface area contributed by atoms with E-state index in [9.17, 15) is 0 Å². The van der Waals surface area contributed by atoms with Gasteiger partial charge in [-0.1, -0.05) is 0 Å². The molecule has 0 radical (unpaired) electrons. The third-order valence-electron chi connectivity index (χ3n) is 3.84. The van der Waals surface area contributed by atoms with E-state index in [1.807, 2.05) is 25.1 Å². The smallest absolute Gasteiger partial charge is 0.187 e. The maximum atomic E-state index is 5.55. The summed E-state index contributed by atoms with van der Waals surface area (Å²) in [5.41, 5.74) is 5.67. The van der Waals surface area contributed by atoms with Gasteiger partial charge in [0, 0.05) is 25.8 Å². The molecule has 0 aliphatic carbocycles. The molecule has 7 heteroatoms. The molecule has 2 rings (SSSR count). The highest BCUT2D eigenvalue weighted by atomic mass is 32.1. The minimum absolute atomic E-state index is 0.244. The standard InChI is InChI=1S/C17H25N3O3S/c1-12(13-6-7-16(22-3)14(9-13)11-21-2)19-20-17(24)18-10-15-5-4-8-23-15/h6-7,9,15H,4-5,8,10-11H2,1-3H3,(H2,18,20,24)/b19-12-/t15-/m0/s1. The Hall–Kier alpha value is -1.70. The molecule has 0 amide bonds. The summed E-state index contributed by atoms with van der Waals surface area (Å²) in [5.74, 6) is 0.801. The van der Waals surface area contributed by atoms with Gasteiger partial charge in [0.05, 0.1) is 25.5 Å². The van der Waals surface area contributed by atoms with E-state index in [2.05, 4.69) is 15.8 Å². The van der Waals surface area contributed by atoms with E-state index in [-0.39, 0.29) is 6.10 Å². The number of ether oxygens (including phenoxy) is 3. The maximum Gasteiger partial charge on any atom is 0.187 e. The summed E-state index contributed by atoms with van der Waals surface area (Å²) in [4.78, 5) is 0. The zero-order valence-electron chi connectivity index (χ0n) is 14.4. The molecule has 6 nitrogen and oxygen atoms in total. The topological polar surface area (TPSA) is 64.1 Å². The molecule has 0 unspecified atom stereocenters. The first-order valence-corrected chi connectivity index (χ1v) is 8.40. The van der Waals surface area contributed by atoms with Crippen molar-refractivity contribution >= 4 is 23.0 Å². The van der Waals surface area contributed by atoms with Crippen LogP contribution in [0.1, 0.15) is 30.9 Å². The highest BCUT2D eigenvalue weighted by Gasteiger charge is 2.15. The summed E-state index contributed by atoms with van der Waals surface area (Å²) in [6, 6.07) is 5.88. The highest BCUT2D eigenvalue weighted by molar-refractivity contribution is 7.80. The Morgan fingerprint density at radius 1 is 1.42 bits per heavy atom. The van der Waals surface area contributed by atoms with Crippen molar-refractivity contribution in [1.82, 2.24) is 10.7 Å². The van der Waals surface area contributed by atoms with E-state index in [0.29, 0.717) is 18.3 Å². The molecule has 0 bridgehead atoms. The number of rotatable bonds is 7. The van der Waals surface area contributed by atoms with Gasteiger partial charge in [0.25, 0.3) is 0 Å². The average molecular weight is 351 g/mol. The molecule has 1 aliphatic rings. The van der Waals surface area contributed by atoms with Gasteiger partial charge in [-0.2, -0.15) is 5.10 Å². The molecule has 1 atom stereocenters. The Labute approximate surface area is 148 Å². The number of nitrogens with zero attached hydrogens (tertiary/aromatic N) is 1. The van der Waals surface area contributed by atoms with Crippen molar-refractivity contribution in [2.75, 3.05) is 27.4 Å². The van der Waals surface area contributed by atoms with Crippen LogP contribution in [0.4, 0.5) is 0 Å². The molecule has 1 aromatic carbocycles. The van der Waals surface area contributed by atoms with Crippen molar-refractivity contribution < 1.29 is 14.2 Å². The minimum Gasteiger partial charge on any atom is -0.496 e. The van der Waals surface area contributed by atoms with E-state index < -0.39 is 0 Å². The number of thiocarbonyl (C=S) groups is 1. The predicted molar refractivity (Wildman–Crippen MR) is 98.6 cm³/mol. The molecular weight excluding hydrogens is 326 g/mol. The zero-order chi connectivity index (χ0) is 17.4. The molecule has 24 heavy (non-hydrogen) atoms. The molecule has 1 saturated heterocycles. The van der Waals surface area contributed by atoms with Gasteiger partial charge in [0.15, 0.2) is 5.11 Å². The Morgan fingerprint density at radius 3 is 2.92 bits per heavy atom. The number of benzene rings is 1. The second kappa shape index (κ2) is 9.56. The number of hydrazone groups is 1. The van der Waals surface area contributed by atoms with Crippen LogP contribution in [0.3, 0.4) is 0 Å². The fourth-order valence-electron chi connectivity index (χ4n) is 2.52. The van der Waals surface area contributed by atoms with Gasteiger partial charge < -0.3 is 19.5 Å². The molecule has 0 saturated carbocycles. The van der Waals surface area contributed by atoms with Crippen molar-refractivity contribution in [3.63, 3.8) is 0 Å². The van der Waals surface area contributed by atoms with Crippen LogP contribution in [0, 0.1) is 0 Å². The van der Waals surface area contributed by atoms with Crippen LogP contribution in [-0.4, -0.2) is 44.3 Å². The van der Waals surface area contributed by atoms with Crippen molar-refractivity contribution in [1.29, 1.82) is 0 Å². The molecule has 1 aliphatic heterocycles. The van der Waals surface area contributed by atoms with Crippen LogP contribution in [0.5, 0.6) is 5.75 Å². The lowest BCUT2D eigenvalue weighted by atomic mass is 10.1. The first-order valence-electron chi connectivity index (χ1n) is 8.00. The minimum atomic E-state index is 0.244. The number of nitrogens with one attached hydrogen (secondary N) is 2. The third kappa shape index (κ3) is 5.43. The van der Waals surface area contributed by atoms with Crippen molar-refractivity contribution in [3.8, 4) is 5.75 Å². The number of methoxy groups -OCH3 is 2. The Bertz CT molecular complexity index is 586. The maximum absolute atomic E-state index is 5.55. The Balaban J connectivity index is 1.91. The summed E-state index contributed by atoms with van der Waals surface area (Å²) in [7, 11) is 3.31. The predicted octanol–water partition coefficient (Wildman–Crippen LogP) is 2.21. The van der Waals surface area contributed by atoms with E-state index in [0.717, 1.165) is 42.0 Å². The molecule has 1 aromatic rings. The van der Waals surface area contributed by atoms with Gasteiger partial charge in [-0.3, -0.25) is 5.43 Å². The second-order valence-electron chi connectivity index (χ2n) is 5.61. The van der Waals surface area contributed by atoms with E-state index in [1.165, 1.54) is 0 Å². The molecule has 0 aromatic heterocycles. The lowest BCUT2D eigenvalue weighted by molar-refractivity contribution is 0.114. The fraction of sp³-hybridized carbons (Fsp3) is 0.529. The fourth-order valence-corrected chi connectivity index (χ4v) is 2.65. The van der Waals surface area contributed by atoms with Crippen LogP contribution in [0.15, 0.2) is 23.3 Å². The highest BCUT2D eigenvalue weighted by Crippen LogP contribution is 2.21. The quantitative estimate of drug-likeness (QED) is 0.446. The lowest BCUT2D eigenvalue weighted by Gasteiger charge is -2.13. The first kappa shape index (κ1) is 18.6. The van der Waals surface area contributed by atoms with Crippen LogP contribution in [0.25, 0.3) is 0 Å². The van der Waals surface area contributed by atoms with Crippen molar-refractivity contribution in [2.24, 2.45) is 5.10 Å². The number of hydrogen-bond acceptors (Lipinski definition) is 5. The molecule has 132 valence electrons. The molecule has 0 spiro atoms. The average Bonchev–Trinajstić information content (AvgIpc) is 3.11.